The number of methoxy groups -OCH3 is 1. The van der Waals surface area contributed by atoms with Crippen molar-refractivity contribution in [3.8, 4) is 0 Å². The number of halogens is 1. The van der Waals surface area contributed by atoms with Gasteiger partial charge in [0.25, 0.3) is 0 Å². The number of nitrogens with one attached hydrogen (secondary N) is 1. The van der Waals surface area contributed by atoms with E-state index in [1.54, 1.807) is 25.1 Å². The van der Waals surface area contributed by atoms with Crippen molar-refractivity contribution in [2.45, 2.75) is 56.4 Å². The molecule has 0 radical (unpaired) electrons. The molecule has 8 nitrogen and oxygen atoms in total. The SMILES string of the molecule is COC1=CC=C(OC(=O)N(C)C2CN(C(=O)C3CCN(CC4CC4)CC3)CC2C2C=CC(Cl)C(=N)C2)CC1. The molecule has 0 aromatic carbocycles. The Kier molecular flexibility index (Phi) is 8.48. The molecular weight excluding hydrogens is 504 g/mol. The molecule has 208 valence electrons. The van der Waals surface area contributed by atoms with E-state index in [9.17, 15) is 9.59 Å². The summed E-state index contributed by atoms with van der Waals surface area (Å²) in [5.74, 6) is 2.68. The molecule has 2 amide bonds. The molecule has 2 saturated heterocycles. The minimum atomic E-state index is -0.409. The zero-order valence-corrected chi connectivity index (χ0v) is 23.4. The highest BCUT2D eigenvalue weighted by atomic mass is 35.5. The minimum Gasteiger partial charge on any atom is -0.501 e. The third-order valence-electron chi connectivity index (χ3n) is 9.00. The molecule has 4 unspecified atom stereocenters. The van der Waals surface area contributed by atoms with Crippen LogP contribution in [0.4, 0.5) is 4.79 Å². The lowest BCUT2D eigenvalue weighted by molar-refractivity contribution is -0.136. The van der Waals surface area contributed by atoms with Crippen molar-refractivity contribution in [2.24, 2.45) is 23.7 Å². The van der Waals surface area contributed by atoms with Crippen LogP contribution in [0.1, 0.15) is 44.9 Å². The first kappa shape index (κ1) is 27.3. The molecule has 0 spiro atoms. The monoisotopic (exact) mass is 544 g/mol. The van der Waals surface area contributed by atoms with Crippen molar-refractivity contribution in [1.82, 2.24) is 14.7 Å². The van der Waals surface area contributed by atoms with Gasteiger partial charge in [0.1, 0.15) is 5.76 Å². The first-order chi connectivity index (χ1) is 18.3. The van der Waals surface area contributed by atoms with Crippen LogP contribution in [0.2, 0.25) is 0 Å². The van der Waals surface area contributed by atoms with Crippen LogP contribution in [-0.2, 0) is 14.3 Å². The molecule has 0 bridgehead atoms. The summed E-state index contributed by atoms with van der Waals surface area (Å²) < 4.78 is 11.0. The first-order valence-corrected chi connectivity index (χ1v) is 14.5. The molecule has 3 fully saturated rings. The summed E-state index contributed by atoms with van der Waals surface area (Å²) >= 11 is 6.26. The topological polar surface area (TPSA) is 86.2 Å². The second kappa shape index (κ2) is 11.8. The van der Waals surface area contributed by atoms with Crippen LogP contribution in [0.25, 0.3) is 0 Å². The summed E-state index contributed by atoms with van der Waals surface area (Å²) in [6.45, 7) is 4.25. The Morgan fingerprint density at radius 3 is 2.42 bits per heavy atom. The van der Waals surface area contributed by atoms with E-state index in [-0.39, 0.29) is 35.1 Å². The number of piperidine rings is 1. The standard InChI is InChI=1S/C29H41ClN4O4/c1-32(29(36)38-23-8-6-22(37-2)7-9-23)27-18-34(17-24(27)21-5-10-25(30)26(31)15-21)28(35)20-11-13-33(14-12-20)16-19-3-4-19/h5-6,8,10,19-21,24-25,27,31H,3-4,7,9,11-18H2,1-2H3. The van der Waals surface area contributed by atoms with Gasteiger partial charge in [-0.3, -0.25) is 4.79 Å². The fraction of sp³-hybridized carbons (Fsp3) is 0.690. The molecular formula is C29H41ClN4O4. The van der Waals surface area contributed by atoms with Crippen LogP contribution in [0, 0.1) is 29.1 Å². The van der Waals surface area contributed by atoms with Crippen LogP contribution in [-0.4, -0.2) is 90.7 Å². The van der Waals surface area contributed by atoms with E-state index in [1.165, 1.54) is 19.4 Å². The largest absolute Gasteiger partial charge is 0.501 e. The van der Waals surface area contributed by atoms with Gasteiger partial charge in [-0.05, 0) is 69.2 Å². The van der Waals surface area contributed by atoms with Crippen LogP contribution in [0.15, 0.2) is 35.8 Å². The molecule has 3 aliphatic carbocycles. The van der Waals surface area contributed by atoms with Crippen molar-refractivity contribution in [3.63, 3.8) is 0 Å². The zero-order valence-electron chi connectivity index (χ0n) is 22.6. The van der Waals surface area contributed by atoms with Gasteiger partial charge in [-0.2, -0.15) is 0 Å². The fourth-order valence-corrected chi connectivity index (χ4v) is 6.54. The molecule has 1 saturated carbocycles. The van der Waals surface area contributed by atoms with E-state index in [0.29, 0.717) is 43.8 Å². The lowest BCUT2D eigenvalue weighted by Crippen LogP contribution is -2.45. The van der Waals surface area contributed by atoms with Crippen molar-refractivity contribution < 1.29 is 19.1 Å². The maximum Gasteiger partial charge on any atom is 0.414 e. The van der Waals surface area contributed by atoms with E-state index in [2.05, 4.69) is 11.0 Å². The number of amides is 2. The normalized spacial score (nSPS) is 30.6. The van der Waals surface area contributed by atoms with Crippen LogP contribution in [0.5, 0.6) is 0 Å². The van der Waals surface area contributed by atoms with Gasteiger partial charge < -0.3 is 29.6 Å². The smallest absolute Gasteiger partial charge is 0.414 e. The average Bonchev–Trinajstić information content (AvgIpc) is 3.64. The van der Waals surface area contributed by atoms with E-state index in [0.717, 1.165) is 37.6 Å². The molecule has 38 heavy (non-hydrogen) atoms. The summed E-state index contributed by atoms with van der Waals surface area (Å²) in [5.41, 5.74) is 0.490. The highest BCUT2D eigenvalue weighted by Gasteiger charge is 2.45. The Morgan fingerprint density at radius 2 is 1.79 bits per heavy atom. The Balaban J connectivity index is 1.26. The highest BCUT2D eigenvalue weighted by molar-refractivity contribution is 6.33. The van der Waals surface area contributed by atoms with E-state index in [1.807, 2.05) is 17.1 Å². The lowest BCUT2D eigenvalue weighted by atomic mass is 9.80. The lowest BCUT2D eigenvalue weighted by Gasteiger charge is -2.33. The van der Waals surface area contributed by atoms with Gasteiger partial charge in [-0.15, -0.1) is 11.6 Å². The molecule has 0 aromatic rings. The van der Waals surface area contributed by atoms with E-state index >= 15 is 0 Å². The van der Waals surface area contributed by atoms with Crippen molar-refractivity contribution >= 4 is 29.3 Å². The number of rotatable bonds is 7. The molecule has 5 aliphatic rings. The third-order valence-corrected chi connectivity index (χ3v) is 9.41. The van der Waals surface area contributed by atoms with Crippen molar-refractivity contribution in [3.05, 3.63) is 35.8 Å². The number of carbonyl (C=O) groups is 2. The van der Waals surface area contributed by atoms with Crippen molar-refractivity contribution in [2.75, 3.05) is 46.9 Å². The van der Waals surface area contributed by atoms with Crippen LogP contribution >= 0.6 is 11.6 Å². The predicted octanol–water partition coefficient (Wildman–Crippen LogP) is 4.42. The summed E-state index contributed by atoms with van der Waals surface area (Å²) in [4.78, 5) is 33.0. The average molecular weight is 545 g/mol. The van der Waals surface area contributed by atoms with Gasteiger partial charge in [0.2, 0.25) is 5.91 Å². The number of allylic oxidation sites excluding steroid dienone is 6. The van der Waals surface area contributed by atoms with E-state index < -0.39 is 6.09 Å². The Labute approximate surface area is 231 Å². The molecule has 9 heteroatoms. The maximum atomic E-state index is 13.7. The van der Waals surface area contributed by atoms with E-state index in [4.69, 9.17) is 26.5 Å². The van der Waals surface area contributed by atoms with Gasteiger partial charge in [0.15, 0.2) is 0 Å². The predicted molar refractivity (Wildman–Crippen MR) is 147 cm³/mol. The minimum absolute atomic E-state index is 0.0209. The quantitative estimate of drug-likeness (QED) is 0.379. The van der Waals surface area contributed by atoms with Crippen LogP contribution < -0.4 is 0 Å². The maximum absolute atomic E-state index is 13.7. The van der Waals surface area contributed by atoms with Gasteiger partial charge >= 0.3 is 6.09 Å². The number of carbonyl (C=O) groups excluding carboxylic acids is 2. The molecule has 1 N–H and O–H groups in total. The van der Waals surface area contributed by atoms with Crippen LogP contribution in [0.3, 0.4) is 0 Å². The second-order valence-corrected chi connectivity index (χ2v) is 12.1. The van der Waals surface area contributed by atoms with Gasteiger partial charge in [-0.25, -0.2) is 4.79 Å². The number of hydrogen-bond donors (Lipinski definition) is 1. The van der Waals surface area contributed by atoms with Gasteiger partial charge in [0, 0.05) is 57.1 Å². The summed E-state index contributed by atoms with van der Waals surface area (Å²) in [5, 5.41) is 7.94. The van der Waals surface area contributed by atoms with Crippen molar-refractivity contribution in [1.29, 1.82) is 5.41 Å². The molecule has 2 heterocycles. The molecule has 4 atom stereocenters. The number of likely N-dealkylation sites (tertiary alicyclic amines) is 2. The Morgan fingerprint density at radius 1 is 1.08 bits per heavy atom. The summed E-state index contributed by atoms with van der Waals surface area (Å²) in [6.07, 6.45) is 13.5. The third kappa shape index (κ3) is 6.28. The summed E-state index contributed by atoms with van der Waals surface area (Å²) in [6, 6.07) is -0.190. The Hall–Kier alpha value is -2.32. The number of nitrogens with zero attached hydrogens (tertiary/aromatic N) is 3. The number of alkyl halides is 1. The fourth-order valence-electron chi connectivity index (χ4n) is 6.37. The highest BCUT2D eigenvalue weighted by Crippen LogP contribution is 2.36. The second-order valence-electron chi connectivity index (χ2n) is 11.6. The number of hydrogen-bond acceptors (Lipinski definition) is 6. The summed E-state index contributed by atoms with van der Waals surface area (Å²) in [7, 11) is 3.41. The van der Waals surface area contributed by atoms with Gasteiger partial charge in [0.05, 0.1) is 24.3 Å². The molecule has 2 aliphatic heterocycles. The number of likely N-dealkylation sites (N-methyl/N-ethyl adjacent to an activating group) is 1. The zero-order chi connectivity index (χ0) is 26.8. The molecule has 5 rings (SSSR count). The number of ether oxygens (including phenoxy) is 2. The first-order valence-electron chi connectivity index (χ1n) is 14.1. The van der Waals surface area contributed by atoms with Gasteiger partial charge in [-0.1, -0.05) is 12.2 Å². The Bertz CT molecular complexity index is 1010. The molecule has 0 aromatic heterocycles.